The quantitative estimate of drug-likeness (QED) is 0.587. The molecule has 0 bridgehead atoms. The third-order valence-corrected chi connectivity index (χ3v) is 6.49. The van der Waals surface area contributed by atoms with Crippen molar-refractivity contribution in [2.24, 2.45) is 5.92 Å². The highest BCUT2D eigenvalue weighted by Crippen LogP contribution is 2.35. The Kier molecular flexibility index (Phi) is 4.93. The molecule has 3 aromatic rings. The predicted molar refractivity (Wildman–Crippen MR) is 114 cm³/mol. The number of carbonyl (C=O) groups excluding carboxylic acids is 1. The zero-order valence-electron chi connectivity index (χ0n) is 16.1. The summed E-state index contributed by atoms with van der Waals surface area (Å²) in [4.78, 5) is 34.6. The van der Waals surface area contributed by atoms with Gasteiger partial charge in [-0.25, -0.2) is 4.98 Å². The van der Waals surface area contributed by atoms with Gasteiger partial charge in [0.25, 0.3) is 5.56 Å². The van der Waals surface area contributed by atoms with Crippen molar-refractivity contribution in [3.05, 3.63) is 50.4 Å². The van der Waals surface area contributed by atoms with Crippen LogP contribution >= 0.6 is 11.3 Å². The Bertz CT molecular complexity index is 1120. The van der Waals surface area contributed by atoms with Gasteiger partial charge in [-0.3, -0.25) is 9.59 Å². The van der Waals surface area contributed by atoms with Crippen LogP contribution < -0.4 is 16.6 Å². The fourth-order valence-electron chi connectivity index (χ4n) is 3.73. The summed E-state index contributed by atoms with van der Waals surface area (Å²) < 4.78 is 0. The number of hydrogen-bond donors (Lipinski definition) is 3. The lowest BCUT2D eigenvalue weighted by molar-refractivity contribution is -0.116. The third kappa shape index (κ3) is 3.67. The summed E-state index contributed by atoms with van der Waals surface area (Å²) in [6, 6.07) is 5.42. The Morgan fingerprint density at radius 3 is 3.07 bits per heavy atom. The first-order chi connectivity index (χ1) is 13.4. The van der Waals surface area contributed by atoms with Crippen molar-refractivity contribution in [3.8, 4) is 0 Å². The van der Waals surface area contributed by atoms with Crippen molar-refractivity contribution in [2.45, 2.75) is 46.0 Å². The van der Waals surface area contributed by atoms with Crippen molar-refractivity contribution in [1.29, 1.82) is 0 Å². The summed E-state index contributed by atoms with van der Waals surface area (Å²) in [5.74, 6) is 1.08. The maximum atomic E-state index is 12.6. The Balaban J connectivity index is 1.50. The van der Waals surface area contributed by atoms with Crippen LogP contribution in [0.15, 0.2) is 23.0 Å². The minimum Gasteiger partial charge on any atom is -0.399 e. The molecule has 6 nitrogen and oxygen atoms in total. The molecule has 1 atom stereocenters. The average Bonchev–Trinajstić information content (AvgIpc) is 3.00. The second-order valence-electron chi connectivity index (χ2n) is 7.67. The number of hydrogen-bond acceptors (Lipinski definition) is 5. The number of aryl methyl sites for hydroxylation is 3. The summed E-state index contributed by atoms with van der Waals surface area (Å²) in [6.07, 6.45) is 3.71. The van der Waals surface area contributed by atoms with Crippen LogP contribution in [0.2, 0.25) is 0 Å². The summed E-state index contributed by atoms with van der Waals surface area (Å²) in [5, 5.41) is 3.63. The number of thiophene rings is 1. The van der Waals surface area contributed by atoms with Gasteiger partial charge in [0.15, 0.2) is 0 Å². The minimum atomic E-state index is -0.129. The second kappa shape index (κ2) is 7.39. The molecule has 1 aromatic carbocycles. The Morgan fingerprint density at radius 1 is 1.43 bits per heavy atom. The smallest absolute Gasteiger partial charge is 0.259 e. The maximum Gasteiger partial charge on any atom is 0.259 e. The van der Waals surface area contributed by atoms with Gasteiger partial charge in [-0.05, 0) is 55.4 Å². The standard InChI is InChI=1S/C21H24N4O2S/c1-11-3-6-14-16(9-11)28-21-19(14)20(27)24-17(25-21)7-8-18(26)23-15-10-13(22)5-4-12(15)2/h4-5,10-11H,3,6-9,22H2,1-2H3,(H,23,26)(H,24,25,27). The molecule has 2 aromatic heterocycles. The molecule has 4 rings (SSSR count). The average molecular weight is 397 g/mol. The molecular formula is C21H24N4O2S. The number of anilines is 2. The number of aromatic amines is 1. The molecule has 146 valence electrons. The van der Waals surface area contributed by atoms with Crippen molar-refractivity contribution < 1.29 is 4.79 Å². The van der Waals surface area contributed by atoms with Crippen LogP contribution in [0.4, 0.5) is 11.4 Å². The molecule has 28 heavy (non-hydrogen) atoms. The number of H-pyrrole nitrogens is 1. The number of carbonyl (C=O) groups is 1. The molecule has 0 fully saturated rings. The van der Waals surface area contributed by atoms with Gasteiger partial charge in [-0.2, -0.15) is 0 Å². The molecule has 1 aliphatic rings. The molecule has 1 amide bonds. The van der Waals surface area contributed by atoms with E-state index < -0.39 is 0 Å². The number of rotatable bonds is 4. The largest absolute Gasteiger partial charge is 0.399 e. The number of nitrogen functional groups attached to an aromatic ring is 1. The van der Waals surface area contributed by atoms with Gasteiger partial charge in [0.1, 0.15) is 10.7 Å². The van der Waals surface area contributed by atoms with Crippen LogP contribution in [0, 0.1) is 12.8 Å². The van der Waals surface area contributed by atoms with E-state index in [1.165, 1.54) is 10.4 Å². The van der Waals surface area contributed by atoms with E-state index in [4.69, 9.17) is 5.73 Å². The van der Waals surface area contributed by atoms with Gasteiger partial charge in [0.05, 0.1) is 5.39 Å². The molecule has 0 spiro atoms. The highest BCUT2D eigenvalue weighted by atomic mass is 32.1. The Hall–Kier alpha value is -2.67. The molecule has 1 unspecified atom stereocenters. The van der Waals surface area contributed by atoms with Gasteiger partial charge in [0, 0.05) is 29.1 Å². The van der Waals surface area contributed by atoms with Gasteiger partial charge in [-0.15, -0.1) is 11.3 Å². The monoisotopic (exact) mass is 396 g/mol. The normalized spacial score (nSPS) is 16.1. The topological polar surface area (TPSA) is 101 Å². The van der Waals surface area contributed by atoms with Crippen molar-refractivity contribution >= 4 is 38.8 Å². The summed E-state index contributed by atoms with van der Waals surface area (Å²) in [7, 11) is 0. The van der Waals surface area contributed by atoms with Gasteiger partial charge >= 0.3 is 0 Å². The van der Waals surface area contributed by atoms with E-state index >= 15 is 0 Å². The molecule has 0 radical (unpaired) electrons. The number of aromatic nitrogens is 2. The third-order valence-electron chi connectivity index (χ3n) is 5.34. The van der Waals surface area contributed by atoms with Gasteiger partial charge < -0.3 is 16.0 Å². The first-order valence-corrected chi connectivity index (χ1v) is 10.4. The van der Waals surface area contributed by atoms with Gasteiger partial charge in [0.2, 0.25) is 5.91 Å². The lowest BCUT2D eigenvalue weighted by Gasteiger charge is -2.17. The number of benzene rings is 1. The van der Waals surface area contributed by atoms with Crippen LogP contribution in [0.25, 0.3) is 10.2 Å². The molecule has 1 aliphatic carbocycles. The Morgan fingerprint density at radius 2 is 2.25 bits per heavy atom. The van der Waals surface area contributed by atoms with Gasteiger partial charge in [-0.1, -0.05) is 13.0 Å². The molecule has 0 saturated heterocycles. The zero-order chi connectivity index (χ0) is 19.8. The van der Waals surface area contributed by atoms with Crippen LogP contribution in [0.5, 0.6) is 0 Å². The summed E-state index contributed by atoms with van der Waals surface area (Å²) >= 11 is 1.63. The molecule has 2 heterocycles. The van der Waals surface area contributed by atoms with Crippen LogP contribution in [0.1, 0.15) is 41.6 Å². The van der Waals surface area contributed by atoms with Crippen LogP contribution in [-0.2, 0) is 24.1 Å². The maximum absolute atomic E-state index is 12.6. The van der Waals surface area contributed by atoms with E-state index in [2.05, 4.69) is 22.2 Å². The number of nitrogens with zero attached hydrogens (tertiary/aromatic N) is 1. The second-order valence-corrected chi connectivity index (χ2v) is 8.75. The molecule has 7 heteroatoms. The first kappa shape index (κ1) is 18.7. The van der Waals surface area contributed by atoms with Crippen molar-refractivity contribution in [2.75, 3.05) is 11.1 Å². The van der Waals surface area contributed by atoms with E-state index in [-0.39, 0.29) is 17.9 Å². The molecular weight excluding hydrogens is 372 g/mol. The number of nitrogens with two attached hydrogens (primary N) is 1. The fraction of sp³-hybridized carbons (Fsp3) is 0.381. The highest BCUT2D eigenvalue weighted by Gasteiger charge is 2.23. The lowest BCUT2D eigenvalue weighted by atomic mass is 9.89. The summed E-state index contributed by atoms with van der Waals surface area (Å²) in [6.45, 7) is 4.17. The molecule has 0 saturated carbocycles. The highest BCUT2D eigenvalue weighted by molar-refractivity contribution is 7.18. The number of fused-ring (bicyclic) bond motifs is 3. The van der Waals surface area contributed by atoms with Crippen molar-refractivity contribution in [1.82, 2.24) is 9.97 Å². The number of nitrogens with one attached hydrogen (secondary N) is 2. The van der Waals surface area contributed by atoms with E-state index in [9.17, 15) is 9.59 Å². The fourth-order valence-corrected chi connectivity index (χ4v) is 5.13. The predicted octanol–water partition coefficient (Wildman–Crippen LogP) is 3.57. The zero-order valence-corrected chi connectivity index (χ0v) is 16.9. The van der Waals surface area contributed by atoms with E-state index in [1.807, 2.05) is 13.0 Å². The van der Waals surface area contributed by atoms with Crippen molar-refractivity contribution in [3.63, 3.8) is 0 Å². The lowest BCUT2D eigenvalue weighted by Crippen LogP contribution is -2.17. The van der Waals surface area contributed by atoms with Crippen LogP contribution in [0.3, 0.4) is 0 Å². The van der Waals surface area contributed by atoms with E-state index in [1.54, 1.807) is 23.5 Å². The minimum absolute atomic E-state index is 0.0841. The molecule has 4 N–H and O–H groups in total. The van der Waals surface area contributed by atoms with E-state index in [0.717, 1.165) is 35.0 Å². The Labute approximate surface area is 167 Å². The number of amides is 1. The van der Waals surface area contributed by atoms with E-state index in [0.29, 0.717) is 29.5 Å². The first-order valence-electron chi connectivity index (χ1n) is 9.60. The molecule has 0 aliphatic heterocycles. The summed E-state index contributed by atoms with van der Waals surface area (Å²) in [5.41, 5.74) is 9.15. The van der Waals surface area contributed by atoms with Crippen LogP contribution in [-0.4, -0.2) is 15.9 Å². The SMILES string of the molecule is Cc1ccc(N)cc1NC(=O)CCc1nc2sc3c(c2c(=O)[nH]1)CCC(C)C3.